The lowest BCUT2D eigenvalue weighted by Gasteiger charge is -2.28. The first-order valence-corrected chi connectivity index (χ1v) is 6.35. The molecule has 0 spiro atoms. The zero-order valence-electron chi connectivity index (χ0n) is 10.8. The van der Waals surface area contributed by atoms with Gasteiger partial charge in [-0.2, -0.15) is 0 Å². The van der Waals surface area contributed by atoms with E-state index in [0.717, 1.165) is 23.8 Å². The largest absolute Gasteiger partial charge is 0.497 e. The van der Waals surface area contributed by atoms with Crippen molar-refractivity contribution in [1.29, 1.82) is 0 Å². The molecule has 3 heterocycles. The number of rotatable bonds is 2. The Morgan fingerprint density at radius 1 is 1.39 bits per heavy atom. The van der Waals surface area contributed by atoms with Crippen LogP contribution in [-0.4, -0.2) is 46.7 Å². The van der Waals surface area contributed by atoms with Crippen LogP contribution in [0.1, 0.15) is 24.6 Å². The van der Waals surface area contributed by atoms with E-state index in [1.165, 1.54) is 19.4 Å². The Bertz CT molecular complexity index is 551. The minimum atomic E-state index is 0.479. The van der Waals surface area contributed by atoms with Crippen LogP contribution in [0.25, 0.3) is 5.65 Å². The smallest absolute Gasteiger partial charge is 0.164 e. The summed E-state index contributed by atoms with van der Waals surface area (Å²) in [5, 5.41) is 8.60. The highest BCUT2D eigenvalue weighted by atomic mass is 16.5. The highest BCUT2D eigenvalue weighted by Crippen LogP contribution is 2.26. The van der Waals surface area contributed by atoms with E-state index in [9.17, 15) is 0 Å². The summed E-state index contributed by atoms with van der Waals surface area (Å²) >= 11 is 0. The van der Waals surface area contributed by atoms with Crippen molar-refractivity contribution in [2.24, 2.45) is 0 Å². The number of ether oxygens (including phenoxy) is 1. The van der Waals surface area contributed by atoms with Gasteiger partial charge in [-0.05, 0) is 32.5 Å². The minimum absolute atomic E-state index is 0.479. The SMILES string of the molecule is COc1ccn2c(C3CCCN(C)C3)nnc2c1. The molecule has 1 unspecified atom stereocenters. The fourth-order valence-electron chi connectivity index (χ4n) is 2.67. The Kier molecular flexibility index (Phi) is 2.91. The number of fused-ring (bicyclic) bond motifs is 1. The Labute approximate surface area is 106 Å². The Balaban J connectivity index is 1.97. The second kappa shape index (κ2) is 4.57. The lowest BCUT2D eigenvalue weighted by molar-refractivity contribution is 0.245. The number of piperidine rings is 1. The molecule has 18 heavy (non-hydrogen) atoms. The molecule has 0 saturated carbocycles. The Hall–Kier alpha value is -1.62. The Morgan fingerprint density at radius 2 is 2.28 bits per heavy atom. The lowest BCUT2D eigenvalue weighted by Crippen LogP contribution is -2.31. The molecule has 1 aliphatic rings. The van der Waals surface area contributed by atoms with Gasteiger partial charge in [-0.15, -0.1) is 10.2 Å². The summed E-state index contributed by atoms with van der Waals surface area (Å²) in [6, 6.07) is 3.87. The van der Waals surface area contributed by atoms with Gasteiger partial charge in [-0.25, -0.2) is 0 Å². The van der Waals surface area contributed by atoms with E-state index in [1.54, 1.807) is 7.11 Å². The third-order valence-electron chi connectivity index (χ3n) is 3.63. The molecule has 0 radical (unpaired) electrons. The molecule has 96 valence electrons. The maximum atomic E-state index is 5.20. The molecule has 0 aromatic carbocycles. The van der Waals surface area contributed by atoms with E-state index < -0.39 is 0 Å². The molecule has 0 N–H and O–H groups in total. The standard InChI is InChI=1S/C13H18N4O/c1-16-6-3-4-10(9-16)13-15-14-12-8-11(18-2)5-7-17(12)13/h5,7-8,10H,3-4,6,9H2,1-2H3. The lowest BCUT2D eigenvalue weighted by atomic mass is 9.98. The average Bonchev–Trinajstić information content (AvgIpc) is 2.81. The molecule has 1 fully saturated rings. The van der Waals surface area contributed by atoms with E-state index >= 15 is 0 Å². The highest BCUT2D eigenvalue weighted by molar-refractivity contribution is 5.44. The molecule has 1 saturated heterocycles. The fourth-order valence-corrected chi connectivity index (χ4v) is 2.67. The van der Waals surface area contributed by atoms with Crippen molar-refractivity contribution in [2.45, 2.75) is 18.8 Å². The number of methoxy groups -OCH3 is 1. The van der Waals surface area contributed by atoms with Crippen LogP contribution in [0.4, 0.5) is 0 Å². The first kappa shape index (κ1) is 11.5. The number of likely N-dealkylation sites (tertiary alicyclic amines) is 1. The zero-order valence-corrected chi connectivity index (χ0v) is 10.8. The van der Waals surface area contributed by atoms with E-state index in [0.29, 0.717) is 5.92 Å². The van der Waals surface area contributed by atoms with Crippen LogP contribution in [0.5, 0.6) is 5.75 Å². The first-order valence-electron chi connectivity index (χ1n) is 6.35. The van der Waals surface area contributed by atoms with Crippen molar-refractivity contribution in [1.82, 2.24) is 19.5 Å². The first-order chi connectivity index (χ1) is 8.78. The van der Waals surface area contributed by atoms with Gasteiger partial charge in [0.1, 0.15) is 11.6 Å². The van der Waals surface area contributed by atoms with Crippen molar-refractivity contribution in [3.63, 3.8) is 0 Å². The molecule has 2 aromatic rings. The van der Waals surface area contributed by atoms with Crippen LogP contribution in [-0.2, 0) is 0 Å². The van der Waals surface area contributed by atoms with E-state index in [2.05, 4.69) is 26.5 Å². The molecule has 0 amide bonds. The molecular formula is C13H18N4O. The summed E-state index contributed by atoms with van der Waals surface area (Å²) < 4.78 is 7.28. The van der Waals surface area contributed by atoms with Crippen molar-refractivity contribution in [3.8, 4) is 5.75 Å². The average molecular weight is 246 g/mol. The number of hydrogen-bond acceptors (Lipinski definition) is 4. The van der Waals surface area contributed by atoms with Gasteiger partial charge in [0, 0.05) is 24.7 Å². The van der Waals surface area contributed by atoms with Crippen LogP contribution in [0.15, 0.2) is 18.3 Å². The summed E-state index contributed by atoms with van der Waals surface area (Å²) in [7, 11) is 3.83. The summed E-state index contributed by atoms with van der Waals surface area (Å²) in [6.07, 6.45) is 4.42. The van der Waals surface area contributed by atoms with Crippen LogP contribution in [0.2, 0.25) is 0 Å². The second-order valence-corrected chi connectivity index (χ2v) is 4.95. The van der Waals surface area contributed by atoms with Gasteiger partial charge >= 0.3 is 0 Å². The summed E-state index contributed by atoms with van der Waals surface area (Å²) in [5.74, 6) is 2.37. The normalized spacial score (nSPS) is 21.3. The van der Waals surface area contributed by atoms with Crippen molar-refractivity contribution in [3.05, 3.63) is 24.2 Å². The van der Waals surface area contributed by atoms with Gasteiger partial charge in [0.15, 0.2) is 5.65 Å². The van der Waals surface area contributed by atoms with Gasteiger partial charge in [-0.1, -0.05) is 0 Å². The van der Waals surface area contributed by atoms with E-state index in [4.69, 9.17) is 4.74 Å². The maximum absolute atomic E-state index is 5.20. The van der Waals surface area contributed by atoms with E-state index in [-0.39, 0.29) is 0 Å². The molecule has 3 rings (SSSR count). The fraction of sp³-hybridized carbons (Fsp3) is 0.538. The van der Waals surface area contributed by atoms with Crippen molar-refractivity contribution >= 4 is 5.65 Å². The molecule has 1 aliphatic heterocycles. The maximum Gasteiger partial charge on any atom is 0.164 e. The minimum Gasteiger partial charge on any atom is -0.497 e. The molecule has 5 heteroatoms. The Morgan fingerprint density at radius 3 is 3.06 bits per heavy atom. The van der Waals surface area contributed by atoms with Crippen molar-refractivity contribution < 1.29 is 4.74 Å². The molecule has 0 bridgehead atoms. The monoisotopic (exact) mass is 246 g/mol. The molecule has 1 atom stereocenters. The predicted octanol–water partition coefficient (Wildman–Crippen LogP) is 1.55. The molecular weight excluding hydrogens is 228 g/mol. The van der Waals surface area contributed by atoms with Gasteiger partial charge in [-0.3, -0.25) is 4.40 Å². The van der Waals surface area contributed by atoms with Crippen molar-refractivity contribution in [2.75, 3.05) is 27.2 Å². The van der Waals surface area contributed by atoms with Gasteiger partial charge < -0.3 is 9.64 Å². The number of nitrogens with zero attached hydrogens (tertiary/aromatic N) is 4. The number of likely N-dealkylation sites (N-methyl/N-ethyl adjacent to an activating group) is 1. The molecule has 2 aromatic heterocycles. The third kappa shape index (κ3) is 1.95. The quantitative estimate of drug-likeness (QED) is 0.806. The summed E-state index contributed by atoms with van der Waals surface area (Å²) in [6.45, 7) is 2.24. The third-order valence-corrected chi connectivity index (χ3v) is 3.63. The highest BCUT2D eigenvalue weighted by Gasteiger charge is 2.23. The van der Waals surface area contributed by atoms with Crippen LogP contribution in [0.3, 0.4) is 0 Å². The molecule has 0 aliphatic carbocycles. The summed E-state index contributed by atoms with van der Waals surface area (Å²) in [5.41, 5.74) is 0.859. The number of hydrogen-bond donors (Lipinski definition) is 0. The van der Waals surface area contributed by atoms with Gasteiger partial charge in [0.05, 0.1) is 7.11 Å². The van der Waals surface area contributed by atoms with Gasteiger partial charge in [0.25, 0.3) is 0 Å². The van der Waals surface area contributed by atoms with Crippen LogP contribution < -0.4 is 4.74 Å². The van der Waals surface area contributed by atoms with Gasteiger partial charge in [0.2, 0.25) is 0 Å². The zero-order chi connectivity index (χ0) is 12.5. The van der Waals surface area contributed by atoms with Crippen LogP contribution >= 0.6 is 0 Å². The number of pyridine rings is 1. The number of aromatic nitrogens is 3. The van der Waals surface area contributed by atoms with Crippen LogP contribution in [0, 0.1) is 0 Å². The predicted molar refractivity (Wildman–Crippen MR) is 69.0 cm³/mol. The summed E-state index contributed by atoms with van der Waals surface area (Å²) in [4.78, 5) is 2.36. The van der Waals surface area contributed by atoms with E-state index in [1.807, 2.05) is 18.3 Å². The second-order valence-electron chi connectivity index (χ2n) is 4.95. The molecule has 5 nitrogen and oxygen atoms in total. The topological polar surface area (TPSA) is 42.7 Å².